The zero-order chi connectivity index (χ0) is 23.4. The van der Waals surface area contributed by atoms with Gasteiger partial charge in [0.25, 0.3) is 5.91 Å². The topological polar surface area (TPSA) is 86.1 Å². The molecule has 8 heteroatoms. The number of furan rings is 1. The second kappa shape index (κ2) is 9.70. The van der Waals surface area contributed by atoms with E-state index in [0.717, 1.165) is 11.1 Å². The van der Waals surface area contributed by atoms with Crippen molar-refractivity contribution < 1.29 is 27.1 Å². The highest BCUT2D eigenvalue weighted by molar-refractivity contribution is 7.90. The number of carbonyl (C=O) groups is 1. The van der Waals surface area contributed by atoms with Crippen LogP contribution in [0.1, 0.15) is 41.1 Å². The van der Waals surface area contributed by atoms with E-state index in [-0.39, 0.29) is 22.3 Å². The van der Waals surface area contributed by atoms with Crippen molar-refractivity contribution in [2.75, 3.05) is 19.8 Å². The van der Waals surface area contributed by atoms with Crippen LogP contribution >= 0.6 is 0 Å². The first-order valence-corrected chi connectivity index (χ1v) is 12.6. The molecule has 1 amide bonds. The van der Waals surface area contributed by atoms with E-state index in [1.54, 1.807) is 41.3 Å². The number of rotatable bonds is 8. The fourth-order valence-electron chi connectivity index (χ4n) is 3.97. The maximum Gasteiger partial charge on any atom is 0.290 e. The van der Waals surface area contributed by atoms with Crippen LogP contribution in [0.4, 0.5) is 0 Å². The Morgan fingerprint density at radius 1 is 1.00 bits per heavy atom. The van der Waals surface area contributed by atoms with Crippen LogP contribution in [0.3, 0.4) is 0 Å². The van der Waals surface area contributed by atoms with Gasteiger partial charge in [-0.1, -0.05) is 18.2 Å². The third-order valence-electron chi connectivity index (χ3n) is 5.55. The third-order valence-corrected chi connectivity index (χ3v) is 7.24. The average Bonchev–Trinajstić information content (AvgIpc) is 3.27. The molecule has 1 aliphatic heterocycles. The van der Waals surface area contributed by atoms with E-state index in [0.29, 0.717) is 49.8 Å². The quantitative estimate of drug-likeness (QED) is 0.490. The number of amides is 1. The summed E-state index contributed by atoms with van der Waals surface area (Å²) >= 11 is 0. The number of nitrogens with zero attached hydrogens (tertiary/aromatic N) is 1. The van der Waals surface area contributed by atoms with E-state index in [1.807, 2.05) is 26.0 Å². The molecule has 2 aromatic carbocycles. The van der Waals surface area contributed by atoms with E-state index >= 15 is 0 Å². The summed E-state index contributed by atoms with van der Waals surface area (Å²) in [4.78, 5) is 15.2. The lowest BCUT2D eigenvalue weighted by molar-refractivity contribution is 0.0701. The highest BCUT2D eigenvalue weighted by Crippen LogP contribution is 2.34. The van der Waals surface area contributed by atoms with Crippen molar-refractivity contribution in [3.8, 4) is 11.5 Å². The summed E-state index contributed by atoms with van der Waals surface area (Å²) in [6.07, 6.45) is 2.02. The SMILES string of the molecule is CCOc1cc2c(cc1OCC)CN(C(=O)c1occc1CS(=O)(=O)c1ccccc1)CC2. The Hall–Kier alpha value is -3.26. The highest BCUT2D eigenvalue weighted by atomic mass is 32.2. The molecule has 2 heterocycles. The summed E-state index contributed by atoms with van der Waals surface area (Å²) in [5.74, 6) is 0.799. The minimum Gasteiger partial charge on any atom is -0.490 e. The Bertz CT molecular complexity index is 1230. The molecule has 0 atom stereocenters. The van der Waals surface area contributed by atoms with Crippen molar-refractivity contribution in [1.29, 1.82) is 0 Å². The number of benzene rings is 2. The predicted molar refractivity (Wildman–Crippen MR) is 123 cm³/mol. The van der Waals surface area contributed by atoms with Crippen molar-refractivity contribution in [3.05, 3.63) is 77.2 Å². The monoisotopic (exact) mass is 469 g/mol. The van der Waals surface area contributed by atoms with Gasteiger partial charge in [-0.3, -0.25) is 4.79 Å². The molecular weight excluding hydrogens is 442 g/mol. The van der Waals surface area contributed by atoms with Gasteiger partial charge >= 0.3 is 0 Å². The van der Waals surface area contributed by atoms with Crippen LogP contribution in [-0.2, 0) is 28.6 Å². The molecule has 0 saturated carbocycles. The van der Waals surface area contributed by atoms with Gasteiger partial charge < -0.3 is 18.8 Å². The molecule has 1 aromatic heterocycles. The van der Waals surface area contributed by atoms with Gasteiger partial charge in [-0.25, -0.2) is 8.42 Å². The first-order valence-electron chi connectivity index (χ1n) is 11.0. The van der Waals surface area contributed by atoms with Gasteiger partial charge in [0.15, 0.2) is 27.1 Å². The van der Waals surface area contributed by atoms with Crippen LogP contribution in [0.2, 0.25) is 0 Å². The predicted octanol–water partition coefficient (Wildman–Crippen LogP) is 4.25. The summed E-state index contributed by atoms with van der Waals surface area (Å²) < 4.78 is 42.5. The molecule has 0 unspecified atom stereocenters. The van der Waals surface area contributed by atoms with Gasteiger partial charge in [0, 0.05) is 18.7 Å². The number of hydrogen-bond acceptors (Lipinski definition) is 6. The van der Waals surface area contributed by atoms with Crippen molar-refractivity contribution in [1.82, 2.24) is 4.90 Å². The van der Waals surface area contributed by atoms with Crippen LogP contribution in [0.25, 0.3) is 0 Å². The highest BCUT2D eigenvalue weighted by Gasteiger charge is 2.29. The van der Waals surface area contributed by atoms with Crippen molar-refractivity contribution >= 4 is 15.7 Å². The number of fused-ring (bicyclic) bond motifs is 1. The summed E-state index contributed by atoms with van der Waals surface area (Å²) in [5.41, 5.74) is 2.44. The van der Waals surface area contributed by atoms with Gasteiger partial charge in [0.1, 0.15) is 0 Å². The number of carbonyl (C=O) groups excluding carboxylic acids is 1. The smallest absolute Gasteiger partial charge is 0.290 e. The molecule has 0 radical (unpaired) electrons. The largest absolute Gasteiger partial charge is 0.490 e. The van der Waals surface area contributed by atoms with E-state index < -0.39 is 9.84 Å². The first kappa shape index (κ1) is 22.9. The summed E-state index contributed by atoms with van der Waals surface area (Å²) in [7, 11) is -3.60. The summed E-state index contributed by atoms with van der Waals surface area (Å²) in [6.45, 7) is 5.76. The van der Waals surface area contributed by atoms with Crippen LogP contribution < -0.4 is 9.47 Å². The Balaban J connectivity index is 1.55. The van der Waals surface area contributed by atoms with Crippen LogP contribution in [0.15, 0.2) is 64.1 Å². The number of ether oxygens (including phenoxy) is 2. The van der Waals surface area contributed by atoms with Crippen LogP contribution in [0, 0.1) is 0 Å². The fourth-order valence-corrected chi connectivity index (χ4v) is 5.35. The molecule has 0 saturated heterocycles. The standard InChI is InChI=1S/C25H27NO6S/c1-3-30-22-14-18-10-12-26(16-20(18)15-23(22)31-4-2)25(27)24-19(11-13-32-24)17-33(28,29)21-8-6-5-7-9-21/h5-9,11,13-15H,3-4,10,12,16-17H2,1-2H3. The van der Waals surface area contributed by atoms with E-state index in [9.17, 15) is 13.2 Å². The Morgan fingerprint density at radius 2 is 1.67 bits per heavy atom. The lowest BCUT2D eigenvalue weighted by atomic mass is 9.98. The molecular formula is C25H27NO6S. The van der Waals surface area contributed by atoms with E-state index in [4.69, 9.17) is 13.9 Å². The van der Waals surface area contributed by atoms with Gasteiger partial charge in [0.2, 0.25) is 0 Å². The van der Waals surface area contributed by atoms with Crippen molar-refractivity contribution in [2.45, 2.75) is 37.5 Å². The summed E-state index contributed by atoms with van der Waals surface area (Å²) in [6, 6.07) is 13.7. The molecule has 0 N–H and O–H groups in total. The maximum absolute atomic E-state index is 13.3. The molecule has 0 aliphatic carbocycles. The summed E-state index contributed by atoms with van der Waals surface area (Å²) in [5, 5.41) is 0. The molecule has 0 spiro atoms. The van der Waals surface area contributed by atoms with E-state index in [1.165, 1.54) is 6.26 Å². The minimum absolute atomic E-state index is 0.0638. The molecule has 0 fully saturated rings. The normalized spacial score (nSPS) is 13.5. The lowest BCUT2D eigenvalue weighted by Gasteiger charge is -2.29. The van der Waals surface area contributed by atoms with Crippen LogP contribution in [-0.4, -0.2) is 39.0 Å². The van der Waals surface area contributed by atoms with Gasteiger partial charge in [-0.05, 0) is 61.7 Å². The fraction of sp³-hybridized carbons (Fsp3) is 0.320. The maximum atomic E-state index is 13.3. The molecule has 0 bridgehead atoms. The molecule has 4 rings (SSSR count). The third kappa shape index (κ3) is 4.90. The number of hydrogen-bond donors (Lipinski definition) is 0. The van der Waals surface area contributed by atoms with Crippen LogP contribution in [0.5, 0.6) is 11.5 Å². The average molecular weight is 470 g/mol. The second-order valence-electron chi connectivity index (χ2n) is 7.76. The molecule has 1 aliphatic rings. The van der Waals surface area contributed by atoms with Crippen molar-refractivity contribution in [2.24, 2.45) is 0 Å². The molecule has 3 aromatic rings. The zero-order valence-electron chi connectivity index (χ0n) is 18.7. The Kier molecular flexibility index (Phi) is 6.74. The number of sulfone groups is 1. The van der Waals surface area contributed by atoms with E-state index in [2.05, 4.69) is 0 Å². The Morgan fingerprint density at radius 3 is 2.33 bits per heavy atom. The zero-order valence-corrected chi connectivity index (χ0v) is 19.6. The first-order chi connectivity index (χ1) is 15.9. The lowest BCUT2D eigenvalue weighted by Crippen LogP contribution is -2.36. The van der Waals surface area contributed by atoms with Gasteiger partial charge in [-0.15, -0.1) is 0 Å². The van der Waals surface area contributed by atoms with Crippen molar-refractivity contribution in [3.63, 3.8) is 0 Å². The molecule has 7 nitrogen and oxygen atoms in total. The minimum atomic E-state index is -3.60. The van der Waals surface area contributed by atoms with Gasteiger partial charge in [0.05, 0.1) is 30.1 Å². The Labute approximate surface area is 193 Å². The molecule has 33 heavy (non-hydrogen) atoms. The molecule has 174 valence electrons. The van der Waals surface area contributed by atoms with Gasteiger partial charge in [-0.2, -0.15) is 0 Å². The second-order valence-corrected chi connectivity index (χ2v) is 9.75.